The molecule has 1 heterocycles. The summed E-state index contributed by atoms with van der Waals surface area (Å²) in [6, 6.07) is 27.0. The van der Waals surface area contributed by atoms with E-state index < -0.39 is 6.03 Å². The smallest absolute Gasteiger partial charge is 0.308 e. The molecule has 0 saturated heterocycles. The van der Waals surface area contributed by atoms with Crippen molar-refractivity contribution in [1.82, 2.24) is 9.97 Å². The molecule has 0 unspecified atom stereocenters. The second-order valence-corrected chi connectivity index (χ2v) is 7.80. The summed E-state index contributed by atoms with van der Waals surface area (Å²) in [6.07, 6.45) is 0. The molecule has 5 nitrogen and oxygen atoms in total. The topological polar surface area (TPSA) is 66.9 Å². The van der Waals surface area contributed by atoms with Crippen LogP contribution in [0.15, 0.2) is 91.0 Å². The summed E-state index contributed by atoms with van der Waals surface area (Å²) >= 11 is 0. The lowest BCUT2D eigenvalue weighted by Crippen LogP contribution is -2.19. The number of anilines is 2. The number of rotatable bonds is 2. The van der Waals surface area contributed by atoms with E-state index >= 15 is 0 Å². The van der Waals surface area contributed by atoms with Crippen LogP contribution >= 0.6 is 0 Å². The van der Waals surface area contributed by atoms with Gasteiger partial charge < -0.3 is 10.6 Å². The summed E-state index contributed by atoms with van der Waals surface area (Å²) in [6.45, 7) is 0. The van der Waals surface area contributed by atoms with Crippen molar-refractivity contribution >= 4 is 61.0 Å². The molecule has 6 aromatic rings. The maximum absolute atomic E-state index is 13.1. The first kappa shape index (κ1) is 19.1. The van der Waals surface area contributed by atoms with Crippen molar-refractivity contribution in [2.24, 2.45) is 0 Å². The lowest BCUT2D eigenvalue weighted by atomic mass is 9.99. The summed E-state index contributed by atoms with van der Waals surface area (Å²) in [5.41, 5.74) is 4.19. The zero-order chi connectivity index (χ0) is 22.4. The van der Waals surface area contributed by atoms with Crippen molar-refractivity contribution in [3.05, 3.63) is 96.8 Å². The molecule has 0 bridgehead atoms. The van der Waals surface area contributed by atoms with Gasteiger partial charge in [0.15, 0.2) is 0 Å². The summed E-state index contributed by atoms with van der Waals surface area (Å²) in [4.78, 5) is 22.3. The van der Waals surface area contributed by atoms with Crippen LogP contribution in [0.5, 0.6) is 0 Å². The number of fused-ring (bicyclic) bond motifs is 7. The van der Waals surface area contributed by atoms with E-state index in [4.69, 9.17) is 9.97 Å². The Bertz CT molecular complexity index is 1700. The third-order valence-electron chi connectivity index (χ3n) is 5.68. The standard InChI is InChI=1S/C27H17FN4O/c28-16-9-11-17(12-10-16)29-27(33)30-18-13-14-23-24(15-18)32-26-22-8-4-2-6-20(22)19-5-1-3-7-21(19)25(26)31-23/h1-15H,(H2,29,30,33). The van der Waals surface area contributed by atoms with E-state index in [-0.39, 0.29) is 5.82 Å². The highest BCUT2D eigenvalue weighted by molar-refractivity contribution is 6.23. The van der Waals surface area contributed by atoms with Crippen LogP contribution in [0.4, 0.5) is 20.6 Å². The van der Waals surface area contributed by atoms with Crippen molar-refractivity contribution < 1.29 is 9.18 Å². The molecule has 2 amide bonds. The Hall–Kier alpha value is -4.58. The zero-order valence-corrected chi connectivity index (χ0v) is 17.3. The molecule has 33 heavy (non-hydrogen) atoms. The predicted octanol–water partition coefficient (Wildman–Crippen LogP) is 6.87. The van der Waals surface area contributed by atoms with Gasteiger partial charge in [-0.15, -0.1) is 0 Å². The number of nitrogens with zero attached hydrogens (tertiary/aromatic N) is 2. The summed E-state index contributed by atoms with van der Waals surface area (Å²) in [5, 5.41) is 9.85. The fraction of sp³-hybridized carbons (Fsp3) is 0. The molecule has 0 spiro atoms. The molecule has 0 aliphatic carbocycles. The highest BCUT2D eigenvalue weighted by atomic mass is 19.1. The Balaban J connectivity index is 1.44. The summed E-state index contributed by atoms with van der Waals surface area (Å²) in [7, 11) is 0. The molecule has 0 aliphatic rings. The second-order valence-electron chi connectivity index (χ2n) is 7.80. The van der Waals surface area contributed by atoms with E-state index in [9.17, 15) is 9.18 Å². The molecule has 0 atom stereocenters. The van der Waals surface area contributed by atoms with Crippen LogP contribution in [0.1, 0.15) is 0 Å². The van der Waals surface area contributed by atoms with Gasteiger partial charge >= 0.3 is 6.03 Å². The average Bonchev–Trinajstić information content (AvgIpc) is 2.84. The summed E-state index contributed by atoms with van der Waals surface area (Å²) in [5.74, 6) is -0.360. The molecular formula is C27H17FN4O. The van der Waals surface area contributed by atoms with E-state index in [1.165, 1.54) is 24.3 Å². The Kier molecular flexibility index (Phi) is 4.36. The minimum absolute atomic E-state index is 0.360. The highest BCUT2D eigenvalue weighted by Gasteiger charge is 2.12. The first-order chi connectivity index (χ1) is 16.2. The van der Waals surface area contributed by atoms with Crippen molar-refractivity contribution in [2.45, 2.75) is 0 Å². The molecule has 0 aliphatic heterocycles. The van der Waals surface area contributed by atoms with Crippen molar-refractivity contribution in [1.29, 1.82) is 0 Å². The first-order valence-electron chi connectivity index (χ1n) is 10.5. The van der Waals surface area contributed by atoms with Gasteiger partial charge in [0.25, 0.3) is 0 Å². The fourth-order valence-electron chi connectivity index (χ4n) is 4.18. The van der Waals surface area contributed by atoms with Gasteiger partial charge in [0.05, 0.1) is 22.1 Å². The van der Waals surface area contributed by atoms with Crippen LogP contribution in [0, 0.1) is 5.82 Å². The zero-order valence-electron chi connectivity index (χ0n) is 17.3. The number of hydrogen-bond donors (Lipinski definition) is 2. The Labute approximate surface area is 187 Å². The number of halogens is 1. The number of carbonyl (C=O) groups is 1. The van der Waals surface area contributed by atoms with Gasteiger partial charge in [0, 0.05) is 22.1 Å². The maximum Gasteiger partial charge on any atom is 0.323 e. The SMILES string of the molecule is O=C(Nc1ccc(F)cc1)Nc1ccc2nc3c4ccccc4c4ccccc4c3nc2c1. The lowest BCUT2D eigenvalue weighted by Gasteiger charge is -2.11. The quantitative estimate of drug-likeness (QED) is 0.232. The van der Waals surface area contributed by atoms with Gasteiger partial charge in [-0.2, -0.15) is 0 Å². The molecule has 6 rings (SSSR count). The average molecular weight is 432 g/mol. The molecule has 0 saturated carbocycles. The number of amides is 2. The third-order valence-corrected chi connectivity index (χ3v) is 5.68. The Morgan fingerprint density at radius 1 is 0.606 bits per heavy atom. The number of benzene rings is 5. The molecule has 5 aromatic carbocycles. The van der Waals surface area contributed by atoms with Crippen LogP contribution in [0.25, 0.3) is 43.6 Å². The van der Waals surface area contributed by atoms with Gasteiger partial charge in [-0.25, -0.2) is 19.2 Å². The molecule has 2 N–H and O–H groups in total. The summed E-state index contributed by atoms with van der Waals surface area (Å²) < 4.78 is 13.1. The molecular weight excluding hydrogens is 415 g/mol. The van der Waals surface area contributed by atoms with E-state index in [1.54, 1.807) is 12.1 Å². The van der Waals surface area contributed by atoms with Gasteiger partial charge in [0.1, 0.15) is 5.82 Å². The lowest BCUT2D eigenvalue weighted by molar-refractivity contribution is 0.262. The molecule has 0 fully saturated rings. The largest absolute Gasteiger partial charge is 0.323 e. The second kappa shape index (κ2) is 7.53. The first-order valence-corrected chi connectivity index (χ1v) is 10.5. The van der Waals surface area contributed by atoms with Crippen molar-refractivity contribution in [3.63, 3.8) is 0 Å². The van der Waals surface area contributed by atoms with E-state index in [2.05, 4.69) is 34.9 Å². The molecule has 158 valence electrons. The Morgan fingerprint density at radius 3 is 1.76 bits per heavy atom. The minimum atomic E-state index is -0.425. The van der Waals surface area contributed by atoms with Gasteiger partial charge in [-0.05, 0) is 53.2 Å². The Morgan fingerprint density at radius 2 is 1.12 bits per heavy atom. The van der Waals surface area contributed by atoms with Gasteiger partial charge in [0.2, 0.25) is 0 Å². The molecule has 0 radical (unpaired) electrons. The van der Waals surface area contributed by atoms with Crippen LogP contribution < -0.4 is 10.6 Å². The van der Waals surface area contributed by atoms with Crippen LogP contribution in [-0.2, 0) is 0 Å². The monoisotopic (exact) mass is 432 g/mol. The van der Waals surface area contributed by atoms with Gasteiger partial charge in [-0.3, -0.25) is 0 Å². The van der Waals surface area contributed by atoms with Crippen LogP contribution in [-0.4, -0.2) is 16.0 Å². The van der Waals surface area contributed by atoms with E-state index in [0.29, 0.717) is 16.9 Å². The van der Waals surface area contributed by atoms with Gasteiger partial charge in [-0.1, -0.05) is 48.5 Å². The molecule has 6 heteroatoms. The molecule has 1 aromatic heterocycles. The predicted molar refractivity (Wildman–Crippen MR) is 131 cm³/mol. The fourth-order valence-corrected chi connectivity index (χ4v) is 4.18. The normalized spacial score (nSPS) is 11.3. The van der Waals surface area contributed by atoms with E-state index in [1.807, 2.05) is 30.3 Å². The number of carbonyl (C=O) groups excluding carboxylic acids is 1. The number of hydrogen-bond acceptors (Lipinski definition) is 3. The van der Waals surface area contributed by atoms with Crippen LogP contribution in [0.3, 0.4) is 0 Å². The highest BCUT2D eigenvalue weighted by Crippen LogP contribution is 2.34. The van der Waals surface area contributed by atoms with Crippen molar-refractivity contribution in [3.8, 4) is 0 Å². The third kappa shape index (κ3) is 3.38. The minimum Gasteiger partial charge on any atom is -0.308 e. The van der Waals surface area contributed by atoms with Crippen molar-refractivity contribution in [2.75, 3.05) is 10.6 Å². The number of urea groups is 1. The van der Waals surface area contributed by atoms with Crippen LogP contribution in [0.2, 0.25) is 0 Å². The number of aromatic nitrogens is 2. The maximum atomic E-state index is 13.1. The van der Waals surface area contributed by atoms with E-state index in [0.717, 1.165) is 38.1 Å². The number of nitrogens with one attached hydrogen (secondary N) is 2.